The molecule has 0 saturated heterocycles. The number of nitrogens with zero attached hydrogens (tertiary/aromatic N) is 2. The third-order valence-electron chi connectivity index (χ3n) is 5.37. The Labute approximate surface area is 162 Å². The van der Waals surface area contributed by atoms with Crippen LogP contribution in [0.25, 0.3) is 27.8 Å². The largest absolute Gasteiger partial charge is 0.437 e. The first-order valence-corrected chi connectivity index (χ1v) is 9.41. The summed E-state index contributed by atoms with van der Waals surface area (Å²) in [6.45, 7) is 4.05. The molecule has 0 radical (unpaired) electrons. The highest BCUT2D eigenvalue weighted by molar-refractivity contribution is 6.07. The monoisotopic (exact) mass is 370 g/mol. The Balaban J connectivity index is 1.67. The number of hydrogen-bond donors (Lipinski definition) is 0. The molecule has 1 aliphatic heterocycles. The maximum Gasteiger partial charge on any atom is 0.227 e. The predicted molar refractivity (Wildman–Crippen MR) is 111 cm³/mol. The fraction of sp³-hybridized carbons (Fsp3) is 0.167. The minimum atomic E-state index is -0.219. The summed E-state index contributed by atoms with van der Waals surface area (Å²) in [6, 6.07) is 16.9. The van der Waals surface area contributed by atoms with E-state index < -0.39 is 0 Å². The highest BCUT2D eigenvalue weighted by Gasteiger charge is 2.23. The number of para-hydroxylation sites is 1. The second-order valence-corrected chi connectivity index (χ2v) is 7.36. The maximum atomic E-state index is 13.8. The molecule has 4 aromatic rings. The van der Waals surface area contributed by atoms with Crippen LogP contribution >= 0.6 is 0 Å². The average molecular weight is 370 g/mol. The number of halogens is 1. The number of aryl methyl sites for hydroxylation is 1. The van der Waals surface area contributed by atoms with Crippen LogP contribution in [0.2, 0.25) is 0 Å². The highest BCUT2D eigenvalue weighted by Crippen LogP contribution is 2.38. The van der Waals surface area contributed by atoms with Crippen molar-refractivity contribution in [2.45, 2.75) is 19.8 Å². The lowest BCUT2D eigenvalue weighted by Crippen LogP contribution is -2.13. The molecule has 2 unspecified atom stereocenters. The Hall–Kier alpha value is -3.27. The van der Waals surface area contributed by atoms with Crippen LogP contribution in [0.4, 0.5) is 4.39 Å². The van der Waals surface area contributed by atoms with Crippen molar-refractivity contribution in [3.63, 3.8) is 0 Å². The molecule has 28 heavy (non-hydrogen) atoms. The minimum absolute atomic E-state index is 0.0585. The van der Waals surface area contributed by atoms with E-state index in [0.717, 1.165) is 38.9 Å². The number of benzene rings is 2. The molecule has 3 nitrogen and oxygen atoms in total. The van der Waals surface area contributed by atoms with Crippen LogP contribution in [-0.4, -0.2) is 11.2 Å². The number of fused-ring (bicyclic) bond motifs is 3. The number of aliphatic imine (C=N–C) groups is 1. The van der Waals surface area contributed by atoms with E-state index in [4.69, 9.17) is 4.42 Å². The second-order valence-electron chi connectivity index (χ2n) is 7.36. The molecule has 1 aliphatic rings. The van der Waals surface area contributed by atoms with Gasteiger partial charge in [0, 0.05) is 40.1 Å². The molecular weight excluding hydrogens is 351 g/mol. The normalized spacial score (nSPS) is 19.3. The van der Waals surface area contributed by atoms with Crippen molar-refractivity contribution in [2.24, 2.45) is 10.9 Å². The molecule has 3 heterocycles. The van der Waals surface area contributed by atoms with Crippen molar-refractivity contribution in [1.82, 2.24) is 4.98 Å². The topological polar surface area (TPSA) is 38.4 Å². The molecule has 138 valence electrons. The molecule has 5 rings (SSSR count). The summed E-state index contributed by atoms with van der Waals surface area (Å²) in [7, 11) is 0. The van der Waals surface area contributed by atoms with Gasteiger partial charge in [-0.05, 0) is 48.9 Å². The number of hydrogen-bond acceptors (Lipinski definition) is 3. The molecule has 0 spiro atoms. The number of furan rings is 1. The SMILES string of the molecule is Cc1ccc2c(n1)oc1c(C3=CC(c4cccc(F)c4)C(C)C=N3)cccc12. The molecule has 0 bridgehead atoms. The summed E-state index contributed by atoms with van der Waals surface area (Å²) < 4.78 is 19.9. The molecule has 2 aromatic carbocycles. The zero-order valence-electron chi connectivity index (χ0n) is 15.7. The molecule has 0 fully saturated rings. The average Bonchev–Trinajstić information content (AvgIpc) is 3.06. The van der Waals surface area contributed by atoms with Gasteiger partial charge < -0.3 is 4.42 Å². The zero-order valence-corrected chi connectivity index (χ0v) is 15.7. The van der Waals surface area contributed by atoms with Gasteiger partial charge in [0.25, 0.3) is 0 Å². The Kier molecular flexibility index (Phi) is 3.86. The summed E-state index contributed by atoms with van der Waals surface area (Å²) >= 11 is 0. The Morgan fingerprint density at radius 3 is 2.71 bits per heavy atom. The fourth-order valence-corrected chi connectivity index (χ4v) is 3.90. The van der Waals surface area contributed by atoms with Gasteiger partial charge in [-0.3, -0.25) is 4.99 Å². The van der Waals surface area contributed by atoms with Crippen LogP contribution < -0.4 is 0 Å². The first-order chi connectivity index (χ1) is 13.6. The number of allylic oxidation sites excluding steroid dienone is 1. The van der Waals surface area contributed by atoms with Crippen molar-refractivity contribution < 1.29 is 8.81 Å². The Morgan fingerprint density at radius 1 is 1.00 bits per heavy atom. The summed E-state index contributed by atoms with van der Waals surface area (Å²) in [6.07, 6.45) is 4.05. The quantitative estimate of drug-likeness (QED) is 0.417. The smallest absolute Gasteiger partial charge is 0.227 e. The molecule has 0 amide bonds. The van der Waals surface area contributed by atoms with Gasteiger partial charge in [0.2, 0.25) is 5.71 Å². The number of aromatic nitrogens is 1. The molecule has 4 heteroatoms. The van der Waals surface area contributed by atoms with Gasteiger partial charge in [0.15, 0.2) is 0 Å². The van der Waals surface area contributed by atoms with E-state index in [-0.39, 0.29) is 17.7 Å². The Bertz CT molecular complexity index is 1270. The van der Waals surface area contributed by atoms with E-state index >= 15 is 0 Å². The van der Waals surface area contributed by atoms with E-state index in [2.05, 4.69) is 23.0 Å². The van der Waals surface area contributed by atoms with Crippen LogP contribution in [0.15, 0.2) is 70.1 Å². The van der Waals surface area contributed by atoms with E-state index in [1.165, 1.54) is 6.07 Å². The molecule has 0 saturated carbocycles. The molecule has 2 atom stereocenters. The first kappa shape index (κ1) is 16.9. The minimum Gasteiger partial charge on any atom is -0.437 e. The zero-order chi connectivity index (χ0) is 19.3. The fourth-order valence-electron chi connectivity index (χ4n) is 3.90. The summed E-state index contributed by atoms with van der Waals surface area (Å²) in [5, 5.41) is 2.02. The maximum absolute atomic E-state index is 13.8. The van der Waals surface area contributed by atoms with Gasteiger partial charge in [-0.25, -0.2) is 9.37 Å². The third kappa shape index (κ3) is 2.73. The van der Waals surface area contributed by atoms with Gasteiger partial charge >= 0.3 is 0 Å². The van der Waals surface area contributed by atoms with Gasteiger partial charge in [0.05, 0.1) is 5.70 Å². The highest BCUT2D eigenvalue weighted by atomic mass is 19.1. The van der Waals surface area contributed by atoms with E-state index in [0.29, 0.717) is 5.71 Å². The van der Waals surface area contributed by atoms with Gasteiger partial charge in [0.1, 0.15) is 11.4 Å². The van der Waals surface area contributed by atoms with Crippen molar-refractivity contribution in [3.05, 3.63) is 83.3 Å². The van der Waals surface area contributed by atoms with Crippen molar-refractivity contribution >= 4 is 34.0 Å². The van der Waals surface area contributed by atoms with Gasteiger partial charge in [-0.1, -0.05) is 31.2 Å². The van der Waals surface area contributed by atoms with E-state index in [9.17, 15) is 4.39 Å². The van der Waals surface area contributed by atoms with Crippen LogP contribution in [-0.2, 0) is 0 Å². The van der Waals surface area contributed by atoms with Crippen molar-refractivity contribution in [3.8, 4) is 0 Å². The van der Waals surface area contributed by atoms with Crippen LogP contribution in [0.1, 0.15) is 29.7 Å². The van der Waals surface area contributed by atoms with Crippen molar-refractivity contribution in [2.75, 3.05) is 0 Å². The predicted octanol–water partition coefficient (Wildman–Crippen LogP) is 6.27. The third-order valence-corrected chi connectivity index (χ3v) is 5.37. The van der Waals surface area contributed by atoms with Crippen LogP contribution in [0, 0.1) is 18.7 Å². The van der Waals surface area contributed by atoms with Crippen molar-refractivity contribution in [1.29, 1.82) is 0 Å². The molecular formula is C24H19FN2O. The van der Waals surface area contributed by atoms with E-state index in [1.807, 2.05) is 49.5 Å². The molecule has 0 aliphatic carbocycles. The Morgan fingerprint density at radius 2 is 1.86 bits per heavy atom. The van der Waals surface area contributed by atoms with Crippen LogP contribution in [0.5, 0.6) is 0 Å². The molecule has 2 aromatic heterocycles. The lowest BCUT2D eigenvalue weighted by molar-refractivity contribution is 0.616. The van der Waals surface area contributed by atoms with E-state index in [1.54, 1.807) is 12.1 Å². The second kappa shape index (κ2) is 6.41. The standard InChI is InChI=1S/C24H19FN2O/c1-14-13-26-22(12-21(14)16-5-3-6-17(25)11-16)20-8-4-7-18-19-10-9-15(2)27-24(19)28-23(18)20/h3-14,21H,1-2H3. The summed E-state index contributed by atoms with van der Waals surface area (Å²) in [5.74, 6) is 0.0240. The van der Waals surface area contributed by atoms with Gasteiger partial charge in [-0.15, -0.1) is 0 Å². The first-order valence-electron chi connectivity index (χ1n) is 9.41. The number of rotatable bonds is 2. The lowest BCUT2D eigenvalue weighted by atomic mass is 9.84. The molecule has 0 N–H and O–H groups in total. The summed E-state index contributed by atoms with van der Waals surface area (Å²) in [4.78, 5) is 9.20. The van der Waals surface area contributed by atoms with Crippen LogP contribution in [0.3, 0.4) is 0 Å². The summed E-state index contributed by atoms with van der Waals surface area (Å²) in [5.41, 5.74) is 5.06. The van der Waals surface area contributed by atoms with Gasteiger partial charge in [-0.2, -0.15) is 0 Å². The lowest BCUT2D eigenvalue weighted by Gasteiger charge is -2.23. The number of pyridine rings is 1.